The lowest BCUT2D eigenvalue weighted by Gasteiger charge is -1.94. The van der Waals surface area contributed by atoms with Gasteiger partial charge in [0.15, 0.2) is 5.13 Å². The second-order valence-corrected chi connectivity index (χ2v) is 4.24. The van der Waals surface area contributed by atoms with Crippen LogP contribution < -0.4 is 5.32 Å². The molecule has 4 nitrogen and oxygen atoms in total. The zero-order valence-corrected chi connectivity index (χ0v) is 10.3. The van der Waals surface area contributed by atoms with E-state index in [1.807, 2.05) is 0 Å². The predicted molar refractivity (Wildman–Crippen MR) is 68.0 cm³/mol. The van der Waals surface area contributed by atoms with Crippen molar-refractivity contribution >= 4 is 40.1 Å². The molecule has 0 saturated heterocycles. The molecule has 2 heterocycles. The van der Waals surface area contributed by atoms with Crippen LogP contribution in [0.2, 0.25) is 0 Å². The zero-order chi connectivity index (χ0) is 12.1. The van der Waals surface area contributed by atoms with E-state index in [4.69, 9.17) is 16.0 Å². The number of alkyl halides is 1. The number of hydrogen-bond acceptors (Lipinski definition) is 4. The summed E-state index contributed by atoms with van der Waals surface area (Å²) in [5, 5.41) is 4.98. The number of carbonyl (C=O) groups is 1. The molecule has 0 aliphatic carbocycles. The summed E-state index contributed by atoms with van der Waals surface area (Å²) in [5.74, 6) is 0.715. The largest absolute Gasteiger partial charge is 0.465 e. The summed E-state index contributed by atoms with van der Waals surface area (Å²) in [4.78, 5) is 15.6. The molecule has 0 aliphatic heterocycles. The maximum absolute atomic E-state index is 11.5. The Morgan fingerprint density at radius 3 is 3.18 bits per heavy atom. The molecule has 2 aromatic rings. The van der Waals surface area contributed by atoms with Gasteiger partial charge in [0.2, 0.25) is 5.91 Å². The number of carbonyl (C=O) groups excluding carboxylic acids is 1. The first-order chi connectivity index (χ1) is 8.28. The van der Waals surface area contributed by atoms with E-state index < -0.39 is 0 Å². The number of nitrogens with zero attached hydrogens (tertiary/aromatic N) is 1. The average Bonchev–Trinajstić information content (AvgIpc) is 2.97. The van der Waals surface area contributed by atoms with Crippen LogP contribution in [0.5, 0.6) is 0 Å². The fourth-order valence-electron chi connectivity index (χ4n) is 1.12. The smallest absolute Gasteiger partial charge is 0.250 e. The van der Waals surface area contributed by atoms with E-state index in [1.54, 1.807) is 29.9 Å². The van der Waals surface area contributed by atoms with Crippen molar-refractivity contribution in [3.8, 4) is 0 Å². The van der Waals surface area contributed by atoms with Gasteiger partial charge in [-0.1, -0.05) is 0 Å². The molecule has 0 fully saturated rings. The Labute approximate surface area is 107 Å². The number of hydrogen-bond donors (Lipinski definition) is 1. The van der Waals surface area contributed by atoms with Crippen molar-refractivity contribution in [2.24, 2.45) is 0 Å². The van der Waals surface area contributed by atoms with E-state index in [0.717, 1.165) is 5.69 Å². The van der Waals surface area contributed by atoms with Crippen molar-refractivity contribution in [2.45, 2.75) is 5.88 Å². The van der Waals surface area contributed by atoms with Crippen LogP contribution in [0.1, 0.15) is 11.5 Å². The molecule has 0 unspecified atom stereocenters. The third-order valence-electron chi connectivity index (χ3n) is 1.86. The first kappa shape index (κ1) is 11.9. The minimum absolute atomic E-state index is 0.253. The van der Waals surface area contributed by atoms with Gasteiger partial charge in [0.1, 0.15) is 5.76 Å². The second-order valence-electron chi connectivity index (χ2n) is 3.12. The highest BCUT2D eigenvalue weighted by Crippen LogP contribution is 2.16. The Morgan fingerprint density at radius 1 is 1.65 bits per heavy atom. The molecule has 0 atom stereocenters. The Kier molecular flexibility index (Phi) is 3.95. The number of aromatic nitrogens is 1. The number of furan rings is 1. The number of rotatable bonds is 4. The molecule has 0 spiro atoms. The van der Waals surface area contributed by atoms with Crippen LogP contribution in [-0.4, -0.2) is 10.9 Å². The summed E-state index contributed by atoms with van der Waals surface area (Å²) in [6.07, 6.45) is 4.52. The second kappa shape index (κ2) is 5.65. The summed E-state index contributed by atoms with van der Waals surface area (Å²) in [6.45, 7) is 0. The number of nitrogens with one attached hydrogen (secondary N) is 1. The van der Waals surface area contributed by atoms with Gasteiger partial charge >= 0.3 is 0 Å². The van der Waals surface area contributed by atoms with Crippen LogP contribution in [0.25, 0.3) is 6.08 Å². The van der Waals surface area contributed by atoms with Crippen molar-refractivity contribution in [3.63, 3.8) is 0 Å². The van der Waals surface area contributed by atoms with Gasteiger partial charge in [-0.25, -0.2) is 4.98 Å². The molecule has 0 aliphatic rings. The van der Waals surface area contributed by atoms with Crippen LogP contribution in [0.15, 0.2) is 34.3 Å². The van der Waals surface area contributed by atoms with Crippen molar-refractivity contribution < 1.29 is 9.21 Å². The van der Waals surface area contributed by atoms with E-state index in [9.17, 15) is 4.79 Å². The third-order valence-corrected chi connectivity index (χ3v) is 2.94. The van der Waals surface area contributed by atoms with Crippen LogP contribution in [0, 0.1) is 0 Å². The third kappa shape index (κ3) is 3.44. The molecule has 17 heavy (non-hydrogen) atoms. The van der Waals surface area contributed by atoms with Gasteiger partial charge in [0.05, 0.1) is 17.8 Å². The monoisotopic (exact) mass is 268 g/mol. The van der Waals surface area contributed by atoms with Gasteiger partial charge in [-0.15, -0.1) is 22.9 Å². The Hall–Kier alpha value is -1.59. The van der Waals surface area contributed by atoms with E-state index in [-0.39, 0.29) is 5.91 Å². The van der Waals surface area contributed by atoms with E-state index >= 15 is 0 Å². The Bertz CT molecular complexity index is 519. The first-order valence-electron chi connectivity index (χ1n) is 4.81. The molecule has 2 aromatic heterocycles. The van der Waals surface area contributed by atoms with E-state index in [0.29, 0.717) is 16.8 Å². The number of amides is 1. The van der Waals surface area contributed by atoms with Crippen molar-refractivity contribution in [2.75, 3.05) is 5.32 Å². The van der Waals surface area contributed by atoms with Crippen LogP contribution in [0.4, 0.5) is 5.13 Å². The highest BCUT2D eigenvalue weighted by molar-refractivity contribution is 7.14. The molecule has 0 aromatic carbocycles. The highest BCUT2D eigenvalue weighted by Gasteiger charge is 2.03. The van der Waals surface area contributed by atoms with Gasteiger partial charge in [-0.2, -0.15) is 0 Å². The fourth-order valence-corrected chi connectivity index (χ4v) is 2.06. The molecule has 1 N–H and O–H groups in total. The summed E-state index contributed by atoms with van der Waals surface area (Å²) >= 11 is 6.95. The van der Waals surface area contributed by atoms with Crippen molar-refractivity contribution in [1.82, 2.24) is 4.98 Å². The van der Waals surface area contributed by atoms with Gasteiger partial charge in [0, 0.05) is 11.5 Å². The average molecular weight is 269 g/mol. The topological polar surface area (TPSA) is 55.1 Å². The number of halogens is 1. The van der Waals surface area contributed by atoms with Crippen molar-refractivity contribution in [3.05, 3.63) is 41.3 Å². The van der Waals surface area contributed by atoms with Crippen LogP contribution in [-0.2, 0) is 10.7 Å². The van der Waals surface area contributed by atoms with Gasteiger partial charge in [0.25, 0.3) is 0 Å². The minimum atomic E-state index is -0.253. The quantitative estimate of drug-likeness (QED) is 0.685. The fraction of sp³-hybridized carbons (Fsp3) is 0.0909. The maximum Gasteiger partial charge on any atom is 0.250 e. The summed E-state index contributed by atoms with van der Waals surface area (Å²) in [7, 11) is 0. The van der Waals surface area contributed by atoms with Gasteiger partial charge in [-0.05, 0) is 18.2 Å². The lowest BCUT2D eigenvalue weighted by atomic mass is 10.4. The molecular weight excluding hydrogens is 260 g/mol. The molecule has 88 valence electrons. The summed E-state index contributed by atoms with van der Waals surface area (Å²) < 4.78 is 5.06. The number of anilines is 1. The predicted octanol–water partition coefficient (Wildman–Crippen LogP) is 3.13. The molecule has 1 amide bonds. The molecule has 2 rings (SSSR count). The van der Waals surface area contributed by atoms with E-state index in [2.05, 4.69) is 10.3 Å². The van der Waals surface area contributed by atoms with Crippen LogP contribution in [0.3, 0.4) is 0 Å². The van der Waals surface area contributed by atoms with Crippen LogP contribution >= 0.6 is 22.9 Å². The SMILES string of the molecule is O=C(/C=C/c1ccco1)Nc1nc(CCl)cs1. The lowest BCUT2D eigenvalue weighted by molar-refractivity contribution is -0.111. The Morgan fingerprint density at radius 2 is 2.53 bits per heavy atom. The van der Waals surface area contributed by atoms with Gasteiger partial charge < -0.3 is 4.42 Å². The highest BCUT2D eigenvalue weighted by atomic mass is 35.5. The number of thiazole rings is 1. The molecular formula is C11H9ClN2O2S. The normalized spacial score (nSPS) is 10.9. The summed E-state index contributed by atoms with van der Waals surface area (Å²) in [5.41, 5.74) is 0.752. The minimum Gasteiger partial charge on any atom is -0.465 e. The Balaban J connectivity index is 1.93. The van der Waals surface area contributed by atoms with Crippen molar-refractivity contribution in [1.29, 1.82) is 0 Å². The molecule has 0 radical (unpaired) electrons. The molecule has 0 saturated carbocycles. The van der Waals surface area contributed by atoms with Gasteiger partial charge in [-0.3, -0.25) is 10.1 Å². The lowest BCUT2D eigenvalue weighted by Crippen LogP contribution is -2.07. The maximum atomic E-state index is 11.5. The first-order valence-corrected chi connectivity index (χ1v) is 6.22. The molecule has 0 bridgehead atoms. The molecule has 6 heteroatoms. The standard InChI is InChI=1S/C11H9ClN2O2S/c12-6-8-7-17-11(13-8)14-10(15)4-3-9-2-1-5-16-9/h1-5,7H,6H2,(H,13,14,15)/b4-3+. The zero-order valence-electron chi connectivity index (χ0n) is 8.72. The summed E-state index contributed by atoms with van der Waals surface area (Å²) in [6, 6.07) is 3.52. The van der Waals surface area contributed by atoms with E-state index in [1.165, 1.54) is 17.4 Å².